The van der Waals surface area contributed by atoms with Crippen molar-refractivity contribution < 1.29 is 13.6 Å². The van der Waals surface area contributed by atoms with Crippen molar-refractivity contribution in [3.05, 3.63) is 41.0 Å². The highest BCUT2D eigenvalue weighted by Gasteiger charge is 2.06. The molecule has 80 valence electrons. The Bertz CT molecular complexity index is 388. The number of halogens is 2. The van der Waals surface area contributed by atoms with Gasteiger partial charge in [-0.15, -0.1) is 0 Å². The van der Waals surface area contributed by atoms with Crippen LogP contribution in [0.4, 0.5) is 8.78 Å². The predicted molar refractivity (Wildman–Crippen MR) is 59.2 cm³/mol. The van der Waals surface area contributed by atoms with E-state index < -0.39 is 11.6 Å². The van der Waals surface area contributed by atoms with Crippen LogP contribution in [0, 0.1) is 11.6 Å². The van der Waals surface area contributed by atoms with Crippen LogP contribution in [0.3, 0.4) is 0 Å². The summed E-state index contributed by atoms with van der Waals surface area (Å²) in [6.07, 6.45) is 4.15. The molecule has 0 unspecified atom stereocenters. The Morgan fingerprint density at radius 3 is 2.40 bits per heavy atom. The maximum atomic E-state index is 13.2. The van der Waals surface area contributed by atoms with Crippen LogP contribution in [-0.2, 0) is 0 Å². The molecule has 0 atom stereocenters. The van der Waals surface area contributed by atoms with Crippen molar-refractivity contribution in [3.63, 3.8) is 0 Å². The van der Waals surface area contributed by atoms with Gasteiger partial charge in [-0.1, -0.05) is 12.2 Å². The molecule has 0 aromatic heterocycles. The minimum absolute atomic E-state index is 0.139. The quantitative estimate of drug-likeness (QED) is 0.619. The number of aldehydes is 1. The monoisotopic (exact) mass is 228 g/mol. The summed E-state index contributed by atoms with van der Waals surface area (Å²) in [5.74, 6) is -0.668. The lowest BCUT2D eigenvalue weighted by molar-refractivity contribution is 0.111. The fraction of sp³-hybridized carbons (Fsp3) is 0.182. The maximum absolute atomic E-state index is 13.2. The molecule has 0 spiro atoms. The standard InChI is InChI=1S/C11H10F2OS/c12-10-6-9(7-14)11(13)5-8(10)3-1-2-4-15/h1,3,5-7,15H,2,4H2. The molecule has 1 aromatic rings. The molecule has 0 aliphatic carbocycles. The molecule has 1 nitrogen and oxygen atoms in total. The molecule has 0 saturated carbocycles. The molecular weight excluding hydrogens is 218 g/mol. The molecule has 1 aromatic carbocycles. The summed E-state index contributed by atoms with van der Waals surface area (Å²) in [6, 6.07) is 1.90. The third-order valence-corrected chi connectivity index (χ3v) is 2.09. The van der Waals surface area contributed by atoms with Crippen LogP contribution in [0.5, 0.6) is 0 Å². The van der Waals surface area contributed by atoms with Crippen molar-refractivity contribution in [2.75, 3.05) is 5.75 Å². The van der Waals surface area contributed by atoms with Crippen molar-refractivity contribution in [2.24, 2.45) is 0 Å². The average molecular weight is 228 g/mol. The van der Waals surface area contributed by atoms with E-state index in [-0.39, 0.29) is 11.1 Å². The van der Waals surface area contributed by atoms with Crippen LogP contribution >= 0.6 is 12.6 Å². The zero-order valence-corrected chi connectivity index (χ0v) is 8.81. The van der Waals surface area contributed by atoms with Gasteiger partial charge in [0.15, 0.2) is 6.29 Å². The number of thiol groups is 1. The second-order valence-electron chi connectivity index (χ2n) is 2.93. The average Bonchev–Trinajstić information content (AvgIpc) is 2.23. The normalized spacial score (nSPS) is 10.9. The summed E-state index contributed by atoms with van der Waals surface area (Å²) in [6.45, 7) is 0. The number of benzene rings is 1. The first kappa shape index (κ1) is 11.9. The van der Waals surface area contributed by atoms with Gasteiger partial charge in [0.25, 0.3) is 0 Å². The molecule has 1 rings (SSSR count). The van der Waals surface area contributed by atoms with Crippen molar-refractivity contribution >= 4 is 25.0 Å². The van der Waals surface area contributed by atoms with Gasteiger partial charge in [0.05, 0.1) is 5.56 Å². The number of rotatable bonds is 4. The Balaban J connectivity index is 3.00. The first-order valence-electron chi connectivity index (χ1n) is 4.40. The molecule has 0 N–H and O–H groups in total. The maximum Gasteiger partial charge on any atom is 0.153 e. The largest absolute Gasteiger partial charge is 0.298 e. The molecule has 0 heterocycles. The molecule has 0 fully saturated rings. The third kappa shape index (κ3) is 3.16. The minimum Gasteiger partial charge on any atom is -0.298 e. The summed E-state index contributed by atoms with van der Waals surface area (Å²) in [5, 5.41) is 0. The molecule has 0 amide bonds. The Kier molecular flexibility index (Phi) is 4.49. The third-order valence-electron chi connectivity index (χ3n) is 1.84. The van der Waals surface area contributed by atoms with Gasteiger partial charge in [-0.25, -0.2) is 8.78 Å². The molecule has 0 bridgehead atoms. The van der Waals surface area contributed by atoms with Crippen LogP contribution in [-0.4, -0.2) is 12.0 Å². The van der Waals surface area contributed by atoms with Gasteiger partial charge in [-0.3, -0.25) is 4.79 Å². The van der Waals surface area contributed by atoms with Crippen molar-refractivity contribution in [2.45, 2.75) is 6.42 Å². The van der Waals surface area contributed by atoms with Crippen LogP contribution in [0.15, 0.2) is 18.2 Å². The number of carbonyl (C=O) groups is 1. The fourth-order valence-electron chi connectivity index (χ4n) is 1.08. The second kappa shape index (κ2) is 5.66. The number of carbonyl (C=O) groups excluding carboxylic acids is 1. The van der Waals surface area contributed by atoms with Crippen LogP contribution in [0.1, 0.15) is 22.3 Å². The lowest BCUT2D eigenvalue weighted by Crippen LogP contribution is -1.92. The Hall–Kier alpha value is -1.16. The zero-order valence-electron chi connectivity index (χ0n) is 7.91. The summed E-state index contributed by atoms with van der Waals surface area (Å²) < 4.78 is 26.3. The van der Waals surface area contributed by atoms with Gasteiger partial charge in [-0.2, -0.15) is 12.6 Å². The summed E-state index contributed by atoms with van der Waals surface area (Å²) in [5.41, 5.74) is -0.126. The van der Waals surface area contributed by atoms with E-state index >= 15 is 0 Å². The number of hydrogen-bond donors (Lipinski definition) is 1. The van der Waals surface area contributed by atoms with Crippen molar-refractivity contribution in [1.82, 2.24) is 0 Å². The van der Waals surface area contributed by atoms with E-state index in [1.165, 1.54) is 6.08 Å². The predicted octanol–water partition coefficient (Wildman–Crippen LogP) is 3.11. The van der Waals surface area contributed by atoms with E-state index in [4.69, 9.17) is 0 Å². The highest BCUT2D eigenvalue weighted by molar-refractivity contribution is 7.80. The molecule has 0 saturated heterocycles. The van der Waals surface area contributed by atoms with E-state index in [0.717, 1.165) is 12.1 Å². The smallest absolute Gasteiger partial charge is 0.153 e. The highest BCUT2D eigenvalue weighted by Crippen LogP contribution is 2.15. The lowest BCUT2D eigenvalue weighted by Gasteiger charge is -1.99. The number of hydrogen-bond acceptors (Lipinski definition) is 2. The van der Waals surface area contributed by atoms with Gasteiger partial charge >= 0.3 is 0 Å². The zero-order chi connectivity index (χ0) is 11.3. The topological polar surface area (TPSA) is 17.1 Å². The summed E-state index contributed by atoms with van der Waals surface area (Å²) in [4.78, 5) is 10.3. The van der Waals surface area contributed by atoms with Gasteiger partial charge < -0.3 is 0 Å². The molecule has 0 aliphatic rings. The first-order valence-corrected chi connectivity index (χ1v) is 5.04. The molecule has 0 radical (unpaired) electrons. The minimum atomic E-state index is -0.711. The van der Waals surface area contributed by atoms with Crippen LogP contribution in [0.2, 0.25) is 0 Å². The summed E-state index contributed by atoms with van der Waals surface area (Å²) in [7, 11) is 0. The Morgan fingerprint density at radius 2 is 1.80 bits per heavy atom. The summed E-state index contributed by atoms with van der Waals surface area (Å²) >= 11 is 3.98. The van der Waals surface area contributed by atoms with E-state index in [2.05, 4.69) is 12.6 Å². The molecular formula is C11H10F2OS. The number of allylic oxidation sites excluding steroid dienone is 1. The Labute approximate surface area is 92.2 Å². The lowest BCUT2D eigenvalue weighted by atomic mass is 10.1. The van der Waals surface area contributed by atoms with Crippen molar-refractivity contribution in [3.8, 4) is 0 Å². The van der Waals surface area contributed by atoms with Gasteiger partial charge in [0.2, 0.25) is 0 Å². The van der Waals surface area contributed by atoms with E-state index in [1.54, 1.807) is 6.08 Å². The molecule has 15 heavy (non-hydrogen) atoms. The van der Waals surface area contributed by atoms with Crippen LogP contribution < -0.4 is 0 Å². The van der Waals surface area contributed by atoms with E-state index in [9.17, 15) is 13.6 Å². The van der Waals surface area contributed by atoms with Gasteiger partial charge in [0.1, 0.15) is 11.6 Å². The second-order valence-corrected chi connectivity index (χ2v) is 3.37. The SMILES string of the molecule is O=Cc1cc(F)c(C=CCCS)cc1F. The van der Waals surface area contributed by atoms with E-state index in [1.807, 2.05) is 0 Å². The van der Waals surface area contributed by atoms with E-state index in [0.29, 0.717) is 18.5 Å². The first-order chi connectivity index (χ1) is 7.19. The van der Waals surface area contributed by atoms with Crippen LogP contribution in [0.25, 0.3) is 6.08 Å². The van der Waals surface area contributed by atoms with Crippen molar-refractivity contribution in [1.29, 1.82) is 0 Å². The Morgan fingerprint density at radius 1 is 1.20 bits per heavy atom. The van der Waals surface area contributed by atoms with Gasteiger partial charge in [-0.05, 0) is 24.3 Å². The molecule has 4 heteroatoms. The molecule has 0 aliphatic heterocycles. The van der Waals surface area contributed by atoms with Gasteiger partial charge in [0, 0.05) is 5.56 Å². The highest BCUT2D eigenvalue weighted by atomic mass is 32.1. The fourth-order valence-corrected chi connectivity index (χ4v) is 1.23.